The Labute approximate surface area is 110 Å². The molecule has 1 aliphatic carbocycles. The number of carboxylic acids is 1. The molecule has 0 aromatic carbocycles. The molecule has 1 fully saturated rings. The Kier molecular flexibility index (Phi) is 2.71. The van der Waals surface area contributed by atoms with E-state index in [-0.39, 0.29) is 5.71 Å². The molecule has 2 N–H and O–H groups in total. The highest BCUT2D eigenvalue weighted by molar-refractivity contribution is 7.84. The van der Waals surface area contributed by atoms with Crippen molar-refractivity contribution in [2.24, 2.45) is 4.99 Å². The number of hydrogen-bond acceptors (Lipinski definition) is 5. The lowest BCUT2D eigenvalue weighted by Crippen LogP contribution is -2.44. The predicted octanol–water partition coefficient (Wildman–Crippen LogP) is 1.34. The third-order valence-corrected chi connectivity index (χ3v) is 3.65. The number of carbonyl (C=O) groups is 1. The van der Waals surface area contributed by atoms with Crippen LogP contribution in [-0.2, 0) is 4.79 Å². The topological polar surface area (TPSA) is 68.2 Å². The number of hydrogen-bond donors (Lipinski definition) is 2. The SMILES string of the molecule is O=C(O)C1=NC2=CN(C3CCCC3)NN2C([S])=C1. The van der Waals surface area contributed by atoms with Gasteiger partial charge in [0.2, 0.25) is 0 Å². The van der Waals surface area contributed by atoms with Crippen LogP contribution in [0.3, 0.4) is 0 Å². The summed E-state index contributed by atoms with van der Waals surface area (Å²) in [4.78, 5) is 15.0. The molecule has 3 aliphatic rings. The first-order valence-corrected chi connectivity index (χ1v) is 6.33. The molecule has 95 valence electrons. The maximum absolute atomic E-state index is 10.9. The van der Waals surface area contributed by atoms with E-state index in [1.54, 1.807) is 5.01 Å². The van der Waals surface area contributed by atoms with Gasteiger partial charge in [-0.25, -0.2) is 14.8 Å². The fraction of sp³-hybridized carbons (Fsp3) is 0.455. The average Bonchev–Trinajstić information content (AvgIpc) is 2.96. The smallest absolute Gasteiger partial charge is 0.354 e. The molecule has 0 aromatic heterocycles. The van der Waals surface area contributed by atoms with E-state index in [9.17, 15) is 4.79 Å². The van der Waals surface area contributed by atoms with Crippen LogP contribution in [0.4, 0.5) is 0 Å². The first-order chi connectivity index (χ1) is 8.65. The third kappa shape index (κ3) is 1.85. The molecule has 18 heavy (non-hydrogen) atoms. The summed E-state index contributed by atoms with van der Waals surface area (Å²) in [6, 6.07) is 0.439. The van der Waals surface area contributed by atoms with E-state index in [2.05, 4.69) is 10.5 Å². The summed E-state index contributed by atoms with van der Waals surface area (Å²) in [6.07, 6.45) is 7.95. The highest BCUT2D eigenvalue weighted by atomic mass is 32.1. The van der Waals surface area contributed by atoms with E-state index in [1.165, 1.54) is 18.9 Å². The summed E-state index contributed by atoms with van der Waals surface area (Å²) in [7, 11) is 0. The zero-order valence-corrected chi connectivity index (χ0v) is 10.5. The Balaban J connectivity index is 1.85. The minimum Gasteiger partial charge on any atom is -0.477 e. The Morgan fingerprint density at radius 2 is 2.22 bits per heavy atom. The van der Waals surface area contributed by atoms with Crippen molar-refractivity contribution in [1.82, 2.24) is 15.6 Å². The van der Waals surface area contributed by atoms with E-state index in [4.69, 9.17) is 17.7 Å². The van der Waals surface area contributed by atoms with Crippen molar-refractivity contribution >= 4 is 24.3 Å². The van der Waals surface area contributed by atoms with Crippen LogP contribution in [-0.4, -0.2) is 32.8 Å². The molecule has 0 bridgehead atoms. The molecule has 1 radical (unpaired) electrons. The Morgan fingerprint density at radius 3 is 2.89 bits per heavy atom. The quantitative estimate of drug-likeness (QED) is 0.788. The monoisotopic (exact) mass is 265 g/mol. The molecule has 2 aliphatic heterocycles. The minimum absolute atomic E-state index is 0.0161. The molecule has 0 saturated heterocycles. The minimum atomic E-state index is -1.06. The van der Waals surface area contributed by atoms with Gasteiger partial charge in [-0.2, -0.15) is 0 Å². The van der Waals surface area contributed by atoms with Gasteiger partial charge in [0.25, 0.3) is 0 Å². The van der Waals surface area contributed by atoms with Crippen molar-refractivity contribution in [1.29, 1.82) is 0 Å². The molecule has 1 saturated carbocycles. The number of carboxylic acid groups (broad SMARTS) is 1. The lowest BCUT2D eigenvalue weighted by atomic mass is 10.2. The summed E-state index contributed by atoms with van der Waals surface area (Å²) >= 11 is 5.16. The summed E-state index contributed by atoms with van der Waals surface area (Å²) in [5.41, 5.74) is 3.13. The Hall–Kier alpha value is -1.60. The van der Waals surface area contributed by atoms with Crippen molar-refractivity contribution in [3.63, 3.8) is 0 Å². The van der Waals surface area contributed by atoms with Gasteiger partial charge < -0.3 is 5.11 Å². The van der Waals surface area contributed by atoms with Crippen molar-refractivity contribution in [2.75, 3.05) is 0 Å². The van der Waals surface area contributed by atoms with E-state index < -0.39 is 5.97 Å². The molecule has 7 heteroatoms. The number of nitrogens with zero attached hydrogens (tertiary/aromatic N) is 3. The lowest BCUT2D eigenvalue weighted by molar-refractivity contribution is -0.129. The van der Waals surface area contributed by atoms with Crippen LogP contribution in [0.15, 0.2) is 28.1 Å². The van der Waals surface area contributed by atoms with E-state index in [0.717, 1.165) is 12.8 Å². The molecule has 0 unspecified atom stereocenters. The maximum atomic E-state index is 10.9. The van der Waals surface area contributed by atoms with Gasteiger partial charge >= 0.3 is 5.97 Å². The third-order valence-electron chi connectivity index (χ3n) is 3.35. The summed E-state index contributed by atoms with van der Waals surface area (Å²) in [6.45, 7) is 0. The Morgan fingerprint density at radius 1 is 1.50 bits per heavy atom. The highest BCUT2D eigenvalue weighted by Gasteiger charge is 2.32. The van der Waals surface area contributed by atoms with Crippen LogP contribution < -0.4 is 5.53 Å². The van der Waals surface area contributed by atoms with Gasteiger partial charge in [-0.15, -0.1) is 5.53 Å². The van der Waals surface area contributed by atoms with Gasteiger partial charge in [0.1, 0.15) is 5.03 Å². The molecule has 0 spiro atoms. The summed E-state index contributed by atoms with van der Waals surface area (Å²) < 4.78 is 0. The molecule has 0 atom stereocenters. The molecule has 2 heterocycles. The van der Waals surface area contributed by atoms with Crippen molar-refractivity contribution in [3.8, 4) is 0 Å². The van der Waals surface area contributed by atoms with Crippen molar-refractivity contribution in [3.05, 3.63) is 23.1 Å². The molecular formula is C11H13N4O2S. The molecule has 3 rings (SSSR count). The second kappa shape index (κ2) is 4.25. The number of hydrazine groups is 2. The number of aliphatic carboxylic acids is 1. The van der Waals surface area contributed by atoms with E-state index in [1.807, 2.05) is 11.2 Å². The number of nitrogens with one attached hydrogen (secondary N) is 1. The molecule has 0 aromatic rings. The zero-order valence-electron chi connectivity index (χ0n) is 9.67. The standard InChI is InChI=1S/C11H13N4O2S/c16-11(17)8-5-10(18)15-9(12-8)6-14(13-15)7-3-1-2-4-7/h5-7,13H,1-4H2,(H,16,17). The van der Waals surface area contributed by atoms with Gasteiger partial charge in [0.05, 0.1) is 6.20 Å². The van der Waals surface area contributed by atoms with Crippen LogP contribution >= 0.6 is 12.6 Å². The lowest BCUT2D eigenvalue weighted by Gasteiger charge is -2.27. The first-order valence-electron chi connectivity index (χ1n) is 5.92. The van der Waals surface area contributed by atoms with Crippen molar-refractivity contribution < 1.29 is 9.90 Å². The van der Waals surface area contributed by atoms with Gasteiger partial charge in [-0.3, -0.25) is 5.01 Å². The van der Waals surface area contributed by atoms with Crippen LogP contribution in [0.25, 0.3) is 0 Å². The largest absolute Gasteiger partial charge is 0.477 e. The van der Waals surface area contributed by atoms with Crippen LogP contribution in [0.1, 0.15) is 25.7 Å². The first kappa shape index (κ1) is 11.5. The normalized spacial score (nSPS) is 23.7. The van der Waals surface area contributed by atoms with Gasteiger partial charge in [-0.1, -0.05) is 25.5 Å². The van der Waals surface area contributed by atoms with E-state index in [0.29, 0.717) is 16.9 Å². The van der Waals surface area contributed by atoms with Crippen molar-refractivity contribution in [2.45, 2.75) is 31.7 Å². The molecular weight excluding hydrogens is 252 g/mol. The van der Waals surface area contributed by atoms with Crippen LogP contribution in [0.2, 0.25) is 0 Å². The maximum Gasteiger partial charge on any atom is 0.354 e. The van der Waals surface area contributed by atoms with Crippen LogP contribution in [0, 0.1) is 0 Å². The molecule has 6 nitrogen and oxygen atoms in total. The fourth-order valence-corrected chi connectivity index (χ4v) is 2.68. The number of aliphatic imine (C=N–C) groups is 1. The van der Waals surface area contributed by atoms with Crippen LogP contribution in [0.5, 0.6) is 0 Å². The number of rotatable bonds is 2. The Bertz CT molecular complexity index is 479. The average molecular weight is 265 g/mol. The van der Waals surface area contributed by atoms with Gasteiger partial charge in [0, 0.05) is 12.1 Å². The summed E-state index contributed by atoms with van der Waals surface area (Å²) in [5, 5.41) is 13.0. The fourth-order valence-electron chi connectivity index (χ4n) is 2.43. The second-order valence-corrected chi connectivity index (χ2v) is 4.97. The molecule has 0 amide bonds. The predicted molar refractivity (Wildman–Crippen MR) is 67.9 cm³/mol. The second-order valence-electron chi connectivity index (χ2n) is 4.55. The van der Waals surface area contributed by atoms with Gasteiger partial charge in [0.15, 0.2) is 11.5 Å². The van der Waals surface area contributed by atoms with E-state index >= 15 is 0 Å². The highest BCUT2D eigenvalue weighted by Crippen LogP contribution is 2.30. The van der Waals surface area contributed by atoms with Gasteiger partial charge in [-0.05, 0) is 12.8 Å². The zero-order chi connectivity index (χ0) is 12.7. The number of fused-ring (bicyclic) bond motifs is 1. The summed E-state index contributed by atoms with van der Waals surface area (Å²) in [5.74, 6) is -0.510.